The molecule has 6 nitrogen and oxygen atoms in total. The van der Waals surface area contributed by atoms with Gasteiger partial charge in [-0.3, -0.25) is 19.1 Å². The molecule has 0 saturated heterocycles. The van der Waals surface area contributed by atoms with Crippen LogP contribution in [0.4, 0.5) is 0 Å². The minimum atomic E-state index is -0.480. The number of rotatable bonds is 9. The molecule has 1 N–H and O–H groups in total. The molecule has 0 unspecified atom stereocenters. The number of aromatic nitrogens is 2. The van der Waals surface area contributed by atoms with E-state index in [4.69, 9.17) is 21.7 Å². The van der Waals surface area contributed by atoms with Gasteiger partial charge in [0, 0.05) is 26.7 Å². The molecule has 0 fully saturated rings. The lowest BCUT2D eigenvalue weighted by Gasteiger charge is -2.12. The first-order valence-electron chi connectivity index (χ1n) is 7.15. The van der Waals surface area contributed by atoms with Crippen molar-refractivity contribution in [2.75, 3.05) is 13.2 Å². The number of carbonyl (C=O) groups excluding carboxylic acids is 1. The molecule has 21 heavy (non-hydrogen) atoms. The van der Waals surface area contributed by atoms with Gasteiger partial charge in [-0.15, -0.1) is 0 Å². The van der Waals surface area contributed by atoms with Crippen LogP contribution in [-0.2, 0) is 16.1 Å². The van der Waals surface area contributed by atoms with Gasteiger partial charge in [-0.1, -0.05) is 13.3 Å². The summed E-state index contributed by atoms with van der Waals surface area (Å²) in [5.41, 5.74) is -0.379. The number of unbranched alkanes of at least 4 members (excludes halogenated alkanes) is 2. The third-order valence-electron chi connectivity index (χ3n) is 2.81. The van der Waals surface area contributed by atoms with E-state index in [-0.39, 0.29) is 16.2 Å². The number of ether oxygens (including phenoxy) is 2. The Kier molecular flexibility index (Phi) is 7.92. The maximum atomic E-state index is 11.4. The van der Waals surface area contributed by atoms with E-state index < -0.39 is 5.97 Å². The Morgan fingerprint density at radius 2 is 2.05 bits per heavy atom. The van der Waals surface area contributed by atoms with Crippen LogP contribution in [0.5, 0.6) is 5.88 Å². The normalized spacial score (nSPS) is 10.6. The highest BCUT2D eigenvalue weighted by Crippen LogP contribution is 2.10. The van der Waals surface area contributed by atoms with Crippen LogP contribution in [0.3, 0.4) is 0 Å². The first-order chi connectivity index (χ1) is 10.0. The summed E-state index contributed by atoms with van der Waals surface area (Å²) < 4.78 is 12.4. The Labute approximate surface area is 129 Å². The van der Waals surface area contributed by atoms with Crippen LogP contribution < -0.4 is 10.3 Å². The lowest BCUT2D eigenvalue weighted by Crippen LogP contribution is -2.17. The zero-order valence-corrected chi connectivity index (χ0v) is 13.3. The summed E-state index contributed by atoms with van der Waals surface area (Å²) in [4.78, 5) is 25.0. The van der Waals surface area contributed by atoms with E-state index in [0.29, 0.717) is 13.2 Å². The number of aromatic amines is 1. The standard InChI is InChI=1S/C14H22N2O4S/c1-3-4-8-19-9-6-5-7-16-13(20-11(2)17)10-12(18)15-14(16)21/h10H,3-9H2,1-2H3,(H,15,18,21). The second kappa shape index (κ2) is 9.46. The Morgan fingerprint density at radius 3 is 2.71 bits per heavy atom. The van der Waals surface area contributed by atoms with Crippen LogP contribution >= 0.6 is 12.2 Å². The summed E-state index contributed by atoms with van der Waals surface area (Å²) in [5, 5.41) is 0. The molecule has 118 valence electrons. The van der Waals surface area contributed by atoms with Gasteiger partial charge in [-0.2, -0.15) is 0 Å². The monoisotopic (exact) mass is 314 g/mol. The molecule has 0 aliphatic rings. The fourth-order valence-electron chi connectivity index (χ4n) is 1.77. The minimum Gasteiger partial charge on any atom is -0.409 e. The Balaban J connectivity index is 2.55. The number of carbonyl (C=O) groups is 1. The molecule has 7 heteroatoms. The van der Waals surface area contributed by atoms with E-state index in [2.05, 4.69) is 11.9 Å². The van der Waals surface area contributed by atoms with Gasteiger partial charge in [-0.25, -0.2) is 0 Å². The smallest absolute Gasteiger partial charge is 0.309 e. The van der Waals surface area contributed by atoms with Crippen molar-refractivity contribution in [3.05, 3.63) is 21.2 Å². The molecule has 0 aliphatic carbocycles. The van der Waals surface area contributed by atoms with Crippen molar-refractivity contribution in [2.24, 2.45) is 0 Å². The average Bonchev–Trinajstić information content (AvgIpc) is 2.39. The van der Waals surface area contributed by atoms with Gasteiger partial charge in [0.15, 0.2) is 4.77 Å². The summed E-state index contributed by atoms with van der Waals surface area (Å²) >= 11 is 5.10. The zero-order chi connectivity index (χ0) is 15.7. The summed E-state index contributed by atoms with van der Waals surface area (Å²) in [6.07, 6.45) is 3.89. The van der Waals surface area contributed by atoms with Crippen LogP contribution in [0, 0.1) is 4.77 Å². The molecule has 0 amide bonds. The fraction of sp³-hybridized carbons (Fsp3) is 0.643. The van der Waals surface area contributed by atoms with Crippen molar-refractivity contribution in [1.29, 1.82) is 0 Å². The van der Waals surface area contributed by atoms with E-state index in [0.717, 1.165) is 32.3 Å². The topological polar surface area (TPSA) is 73.3 Å². The maximum Gasteiger partial charge on any atom is 0.309 e. The van der Waals surface area contributed by atoms with Crippen LogP contribution in [0.15, 0.2) is 10.9 Å². The lowest BCUT2D eigenvalue weighted by atomic mass is 10.3. The molecule has 0 aromatic carbocycles. The zero-order valence-electron chi connectivity index (χ0n) is 12.5. The van der Waals surface area contributed by atoms with Gasteiger partial charge >= 0.3 is 5.97 Å². The van der Waals surface area contributed by atoms with Gasteiger partial charge < -0.3 is 9.47 Å². The van der Waals surface area contributed by atoms with Crippen LogP contribution in [-0.4, -0.2) is 28.7 Å². The third-order valence-corrected chi connectivity index (χ3v) is 3.13. The molecule has 0 atom stereocenters. The predicted octanol–water partition coefficient (Wildman–Crippen LogP) is 2.43. The van der Waals surface area contributed by atoms with Crippen molar-refractivity contribution in [2.45, 2.75) is 46.1 Å². The van der Waals surface area contributed by atoms with Crippen LogP contribution in [0.25, 0.3) is 0 Å². The van der Waals surface area contributed by atoms with E-state index >= 15 is 0 Å². The quantitative estimate of drug-likeness (QED) is 0.430. The number of hydrogen-bond acceptors (Lipinski definition) is 5. The van der Waals surface area contributed by atoms with Gasteiger partial charge in [0.2, 0.25) is 5.88 Å². The lowest BCUT2D eigenvalue weighted by molar-refractivity contribution is -0.132. The van der Waals surface area contributed by atoms with E-state index in [1.165, 1.54) is 13.0 Å². The summed E-state index contributed by atoms with van der Waals surface area (Å²) in [6.45, 7) is 5.45. The van der Waals surface area contributed by atoms with E-state index in [1.54, 1.807) is 4.57 Å². The van der Waals surface area contributed by atoms with Crippen molar-refractivity contribution in [1.82, 2.24) is 9.55 Å². The van der Waals surface area contributed by atoms with Gasteiger partial charge in [0.05, 0.1) is 6.07 Å². The molecule has 1 heterocycles. The largest absolute Gasteiger partial charge is 0.409 e. The number of H-pyrrole nitrogens is 1. The summed E-state index contributed by atoms with van der Waals surface area (Å²) in [5.74, 6) is -0.296. The average molecular weight is 314 g/mol. The predicted molar refractivity (Wildman–Crippen MR) is 82.2 cm³/mol. The fourth-order valence-corrected chi connectivity index (χ4v) is 2.05. The third kappa shape index (κ3) is 6.68. The molecule has 0 bridgehead atoms. The first kappa shape index (κ1) is 17.6. The van der Waals surface area contributed by atoms with Crippen molar-refractivity contribution >= 4 is 18.2 Å². The summed E-state index contributed by atoms with van der Waals surface area (Å²) in [6, 6.07) is 1.23. The summed E-state index contributed by atoms with van der Waals surface area (Å²) in [7, 11) is 0. The van der Waals surface area contributed by atoms with Gasteiger partial charge in [-0.05, 0) is 31.5 Å². The number of nitrogens with zero attached hydrogens (tertiary/aromatic N) is 1. The van der Waals surface area contributed by atoms with Gasteiger partial charge in [0.25, 0.3) is 5.56 Å². The molecule has 0 aliphatic heterocycles. The van der Waals surface area contributed by atoms with Gasteiger partial charge in [0.1, 0.15) is 0 Å². The molecule has 0 radical (unpaired) electrons. The first-order valence-corrected chi connectivity index (χ1v) is 7.55. The van der Waals surface area contributed by atoms with Crippen LogP contribution in [0.1, 0.15) is 39.5 Å². The highest BCUT2D eigenvalue weighted by molar-refractivity contribution is 7.71. The molecule has 0 saturated carbocycles. The molecule has 0 spiro atoms. The molecular formula is C14H22N2O4S. The molecular weight excluding hydrogens is 292 g/mol. The van der Waals surface area contributed by atoms with Crippen molar-refractivity contribution in [3.63, 3.8) is 0 Å². The highest BCUT2D eigenvalue weighted by Gasteiger charge is 2.07. The molecule has 1 rings (SSSR count). The maximum absolute atomic E-state index is 11.4. The Morgan fingerprint density at radius 1 is 1.33 bits per heavy atom. The molecule has 1 aromatic heterocycles. The number of esters is 1. The second-order valence-electron chi connectivity index (χ2n) is 4.70. The highest BCUT2D eigenvalue weighted by atomic mass is 32.1. The second-order valence-corrected chi connectivity index (χ2v) is 5.08. The van der Waals surface area contributed by atoms with Crippen molar-refractivity contribution < 1.29 is 14.3 Å². The SMILES string of the molecule is CCCCOCCCCn1c(OC(C)=O)cc(=O)[nH]c1=S. The number of nitrogens with one attached hydrogen (secondary N) is 1. The Bertz CT molecular complexity index is 565. The van der Waals surface area contributed by atoms with Crippen molar-refractivity contribution in [3.8, 4) is 5.88 Å². The Hall–Kier alpha value is -1.47. The van der Waals surface area contributed by atoms with E-state index in [9.17, 15) is 9.59 Å². The van der Waals surface area contributed by atoms with Crippen LogP contribution in [0.2, 0.25) is 0 Å². The number of hydrogen-bond donors (Lipinski definition) is 1. The molecule has 1 aromatic rings. The minimum absolute atomic E-state index is 0.183. The van der Waals surface area contributed by atoms with E-state index in [1.807, 2.05) is 0 Å².